The average molecular weight is 247 g/mol. The zero-order chi connectivity index (χ0) is 12.8. The van der Waals surface area contributed by atoms with Gasteiger partial charge in [0.25, 0.3) is 0 Å². The summed E-state index contributed by atoms with van der Waals surface area (Å²) in [5, 5.41) is 0. The highest BCUT2D eigenvalue weighted by molar-refractivity contribution is 5.72. The van der Waals surface area contributed by atoms with E-state index in [1.54, 1.807) is 0 Å². The predicted molar refractivity (Wildman–Crippen MR) is 72.6 cm³/mol. The first-order valence-corrected chi connectivity index (χ1v) is 6.78. The summed E-state index contributed by atoms with van der Waals surface area (Å²) in [7, 11) is 0. The van der Waals surface area contributed by atoms with Crippen molar-refractivity contribution in [1.82, 2.24) is 0 Å². The quantitative estimate of drug-likeness (QED) is 0.769. The lowest BCUT2D eigenvalue weighted by Crippen LogP contribution is -2.25. The first-order valence-electron chi connectivity index (χ1n) is 6.78. The maximum Gasteiger partial charge on any atom is 0.308 e. The van der Waals surface area contributed by atoms with Crippen molar-refractivity contribution < 1.29 is 9.53 Å². The molecule has 1 aromatic carbocycles. The Bertz CT molecular complexity index is 377. The lowest BCUT2D eigenvalue weighted by molar-refractivity contribution is -0.148. The van der Waals surface area contributed by atoms with Gasteiger partial charge in [0.05, 0.1) is 12.5 Å². The van der Waals surface area contributed by atoms with Gasteiger partial charge in [0, 0.05) is 18.8 Å². The summed E-state index contributed by atoms with van der Waals surface area (Å²) in [4.78, 5) is 14.1. The smallest absolute Gasteiger partial charge is 0.308 e. The summed E-state index contributed by atoms with van der Waals surface area (Å²) in [6, 6.07) is 10.4. The molecule has 0 saturated carbocycles. The van der Waals surface area contributed by atoms with Gasteiger partial charge in [-0.15, -0.1) is 0 Å². The van der Waals surface area contributed by atoms with Crippen LogP contribution in [0, 0.1) is 5.92 Å². The molecule has 1 unspecified atom stereocenters. The van der Waals surface area contributed by atoms with E-state index < -0.39 is 0 Å². The minimum Gasteiger partial charge on any atom is -0.466 e. The lowest BCUT2D eigenvalue weighted by Gasteiger charge is -2.22. The van der Waals surface area contributed by atoms with Gasteiger partial charge in [0.15, 0.2) is 0 Å². The van der Waals surface area contributed by atoms with Crippen molar-refractivity contribution in [3.05, 3.63) is 30.3 Å². The monoisotopic (exact) mass is 247 g/mol. The number of nitrogens with zero attached hydrogens (tertiary/aromatic N) is 1. The topological polar surface area (TPSA) is 29.5 Å². The number of ether oxygens (including phenoxy) is 1. The van der Waals surface area contributed by atoms with Crippen LogP contribution in [0.5, 0.6) is 0 Å². The molecule has 3 nitrogen and oxygen atoms in total. The first-order chi connectivity index (χ1) is 8.81. The van der Waals surface area contributed by atoms with E-state index in [9.17, 15) is 4.79 Å². The minimum atomic E-state index is -0.0209. The largest absolute Gasteiger partial charge is 0.466 e. The van der Waals surface area contributed by atoms with Crippen LogP contribution >= 0.6 is 0 Å². The van der Waals surface area contributed by atoms with Crippen molar-refractivity contribution in [2.45, 2.75) is 26.2 Å². The fourth-order valence-electron chi connectivity index (χ4n) is 2.49. The molecule has 0 N–H and O–H groups in total. The second-order valence-corrected chi connectivity index (χ2v) is 4.70. The first kappa shape index (κ1) is 12.9. The maximum absolute atomic E-state index is 11.8. The third-order valence-corrected chi connectivity index (χ3v) is 3.47. The van der Waals surface area contributed by atoms with Crippen LogP contribution in [-0.4, -0.2) is 25.7 Å². The summed E-state index contributed by atoms with van der Waals surface area (Å²) < 4.78 is 5.12. The van der Waals surface area contributed by atoms with Crippen LogP contribution in [0.15, 0.2) is 30.3 Å². The normalized spacial score (nSPS) is 20.3. The predicted octanol–water partition coefficient (Wildman–Crippen LogP) is 2.86. The van der Waals surface area contributed by atoms with E-state index in [2.05, 4.69) is 29.2 Å². The molecule has 0 spiro atoms. The zero-order valence-corrected chi connectivity index (χ0v) is 11.0. The Kier molecular flexibility index (Phi) is 4.62. The summed E-state index contributed by atoms with van der Waals surface area (Å²) in [6.07, 6.45) is 2.90. The van der Waals surface area contributed by atoms with E-state index in [4.69, 9.17) is 4.74 Å². The van der Waals surface area contributed by atoms with Crippen molar-refractivity contribution in [2.75, 3.05) is 24.6 Å². The van der Waals surface area contributed by atoms with Gasteiger partial charge >= 0.3 is 5.97 Å². The minimum absolute atomic E-state index is 0.0209. The van der Waals surface area contributed by atoms with Gasteiger partial charge in [0.2, 0.25) is 0 Å². The van der Waals surface area contributed by atoms with Crippen molar-refractivity contribution in [2.24, 2.45) is 5.92 Å². The lowest BCUT2D eigenvalue weighted by atomic mass is 10.0. The number of anilines is 1. The molecule has 1 saturated heterocycles. The number of carbonyl (C=O) groups is 1. The standard InChI is InChI=1S/C15H21NO2/c1-2-18-15(17)13-7-6-11-16(12-10-13)14-8-4-3-5-9-14/h3-5,8-9,13H,2,6-7,10-12H2,1H3. The molecule has 1 heterocycles. The molecule has 18 heavy (non-hydrogen) atoms. The molecule has 98 valence electrons. The molecule has 0 bridgehead atoms. The van der Waals surface area contributed by atoms with Gasteiger partial charge in [-0.3, -0.25) is 4.79 Å². The number of hydrogen-bond acceptors (Lipinski definition) is 3. The van der Waals surface area contributed by atoms with Gasteiger partial charge in [-0.05, 0) is 38.3 Å². The van der Waals surface area contributed by atoms with E-state index in [0.29, 0.717) is 6.61 Å². The molecule has 0 amide bonds. The highest BCUT2D eigenvalue weighted by Crippen LogP contribution is 2.23. The average Bonchev–Trinajstić information content (AvgIpc) is 2.66. The molecule has 1 fully saturated rings. The molecule has 1 atom stereocenters. The molecule has 0 aliphatic carbocycles. The Balaban J connectivity index is 1.94. The van der Waals surface area contributed by atoms with Crippen LogP contribution in [0.2, 0.25) is 0 Å². The number of para-hydroxylation sites is 1. The van der Waals surface area contributed by atoms with Gasteiger partial charge in [-0.1, -0.05) is 18.2 Å². The van der Waals surface area contributed by atoms with E-state index >= 15 is 0 Å². The Hall–Kier alpha value is -1.51. The molecule has 3 heteroatoms. The molecule has 1 aliphatic heterocycles. The molecule has 0 aromatic heterocycles. The Morgan fingerprint density at radius 2 is 2.06 bits per heavy atom. The molecular formula is C15H21NO2. The highest BCUT2D eigenvalue weighted by atomic mass is 16.5. The van der Waals surface area contributed by atoms with Crippen molar-refractivity contribution in [1.29, 1.82) is 0 Å². The summed E-state index contributed by atoms with van der Waals surface area (Å²) in [5.41, 5.74) is 1.25. The SMILES string of the molecule is CCOC(=O)C1CCCN(c2ccccc2)CC1. The fraction of sp³-hybridized carbons (Fsp3) is 0.533. The number of carbonyl (C=O) groups excluding carboxylic acids is 1. The zero-order valence-electron chi connectivity index (χ0n) is 11.0. The van der Waals surface area contributed by atoms with Gasteiger partial charge < -0.3 is 9.64 Å². The molecular weight excluding hydrogens is 226 g/mol. The van der Waals surface area contributed by atoms with Gasteiger partial charge in [-0.2, -0.15) is 0 Å². The third-order valence-electron chi connectivity index (χ3n) is 3.47. The van der Waals surface area contributed by atoms with Gasteiger partial charge in [0.1, 0.15) is 0 Å². The number of rotatable bonds is 3. The van der Waals surface area contributed by atoms with Crippen molar-refractivity contribution >= 4 is 11.7 Å². The Morgan fingerprint density at radius 3 is 2.78 bits per heavy atom. The van der Waals surface area contributed by atoms with E-state index in [-0.39, 0.29) is 11.9 Å². The number of benzene rings is 1. The molecule has 0 radical (unpaired) electrons. The van der Waals surface area contributed by atoms with E-state index in [1.165, 1.54) is 5.69 Å². The van der Waals surface area contributed by atoms with Crippen LogP contribution in [0.25, 0.3) is 0 Å². The second kappa shape index (κ2) is 6.43. The number of hydrogen-bond donors (Lipinski definition) is 0. The van der Waals surface area contributed by atoms with Crippen LogP contribution < -0.4 is 4.90 Å². The van der Waals surface area contributed by atoms with Crippen LogP contribution in [-0.2, 0) is 9.53 Å². The fourth-order valence-corrected chi connectivity index (χ4v) is 2.49. The Labute approximate surface area is 109 Å². The van der Waals surface area contributed by atoms with E-state index in [0.717, 1.165) is 32.4 Å². The van der Waals surface area contributed by atoms with Gasteiger partial charge in [-0.25, -0.2) is 0 Å². The van der Waals surface area contributed by atoms with Crippen LogP contribution in [0.1, 0.15) is 26.2 Å². The van der Waals surface area contributed by atoms with Crippen LogP contribution in [0.3, 0.4) is 0 Å². The summed E-state index contributed by atoms with van der Waals surface area (Å²) in [5.74, 6) is 0.0612. The Morgan fingerprint density at radius 1 is 1.28 bits per heavy atom. The van der Waals surface area contributed by atoms with Crippen molar-refractivity contribution in [3.63, 3.8) is 0 Å². The third kappa shape index (κ3) is 3.25. The summed E-state index contributed by atoms with van der Waals surface area (Å²) in [6.45, 7) is 4.32. The van der Waals surface area contributed by atoms with Crippen LogP contribution in [0.4, 0.5) is 5.69 Å². The van der Waals surface area contributed by atoms with Crippen molar-refractivity contribution in [3.8, 4) is 0 Å². The maximum atomic E-state index is 11.8. The second-order valence-electron chi connectivity index (χ2n) is 4.70. The number of esters is 1. The molecule has 1 aromatic rings. The summed E-state index contributed by atoms with van der Waals surface area (Å²) >= 11 is 0. The molecule has 1 aliphatic rings. The molecule has 2 rings (SSSR count). The van der Waals surface area contributed by atoms with E-state index in [1.807, 2.05) is 13.0 Å². The highest BCUT2D eigenvalue weighted by Gasteiger charge is 2.23.